The molecule has 0 bridgehead atoms. The van der Waals surface area contributed by atoms with Gasteiger partial charge in [-0.15, -0.1) is 0 Å². The summed E-state index contributed by atoms with van der Waals surface area (Å²) in [7, 11) is 0. The molecule has 21 heavy (non-hydrogen) atoms. The summed E-state index contributed by atoms with van der Waals surface area (Å²) in [6.07, 6.45) is -3.37. The van der Waals surface area contributed by atoms with Gasteiger partial charge in [0.2, 0.25) is 0 Å². The average molecular weight is 302 g/mol. The van der Waals surface area contributed by atoms with E-state index in [1.807, 2.05) is 6.07 Å². The summed E-state index contributed by atoms with van der Waals surface area (Å²) in [5.74, 6) is -0.609. The Kier molecular flexibility index (Phi) is 4.66. The first-order valence-electron chi connectivity index (χ1n) is 6.25. The van der Waals surface area contributed by atoms with Crippen LogP contribution in [0, 0.1) is 23.7 Å². The third-order valence-corrected chi connectivity index (χ3v) is 2.80. The van der Waals surface area contributed by atoms with E-state index in [4.69, 9.17) is 5.26 Å². The summed E-state index contributed by atoms with van der Waals surface area (Å²) in [6, 6.07) is 1.21. The van der Waals surface area contributed by atoms with E-state index >= 15 is 0 Å². The van der Waals surface area contributed by atoms with Gasteiger partial charge in [-0.05, 0) is 12.3 Å². The predicted octanol–water partition coefficient (Wildman–Crippen LogP) is 2.42. The first-order valence-corrected chi connectivity index (χ1v) is 6.25. The van der Waals surface area contributed by atoms with Crippen molar-refractivity contribution in [3.8, 4) is 6.07 Å². The number of carbonyl (C=O) groups is 1. The maximum atomic E-state index is 12.3. The summed E-state index contributed by atoms with van der Waals surface area (Å²) >= 11 is 0. The molecule has 1 amide bonds. The fourth-order valence-electron chi connectivity index (χ4n) is 1.66. The summed E-state index contributed by atoms with van der Waals surface area (Å²) in [5, 5.41) is 15.2. The first-order chi connectivity index (χ1) is 9.44. The number of hydrogen-bond donors (Lipinski definition) is 1. The monoisotopic (exact) mass is 302 g/mol. The number of halogens is 3. The van der Waals surface area contributed by atoms with Gasteiger partial charge in [0.1, 0.15) is 12.6 Å². The lowest BCUT2D eigenvalue weighted by atomic mass is 9.87. The minimum atomic E-state index is -4.41. The third-order valence-electron chi connectivity index (χ3n) is 2.80. The molecule has 1 unspecified atom stereocenters. The van der Waals surface area contributed by atoms with Crippen molar-refractivity contribution >= 4 is 5.91 Å². The molecule has 116 valence electrons. The van der Waals surface area contributed by atoms with Gasteiger partial charge in [-0.25, -0.2) is 0 Å². The molecule has 0 spiro atoms. The Hall–Kier alpha value is -2.04. The molecule has 0 aromatic carbocycles. The number of rotatable bonds is 3. The molecule has 1 heterocycles. The number of aryl methyl sites for hydroxylation is 1. The van der Waals surface area contributed by atoms with E-state index in [1.165, 1.54) is 6.92 Å². The Morgan fingerprint density at radius 2 is 2.05 bits per heavy atom. The average Bonchev–Trinajstić information content (AvgIpc) is 2.62. The molecule has 8 heteroatoms. The highest BCUT2D eigenvalue weighted by atomic mass is 19.4. The zero-order chi connectivity index (χ0) is 16.4. The highest BCUT2D eigenvalue weighted by molar-refractivity contribution is 5.95. The normalized spacial score (nSPS) is 13.6. The number of nitrogens with one attached hydrogen (secondary N) is 1. The van der Waals surface area contributed by atoms with Gasteiger partial charge in [0.15, 0.2) is 0 Å². The van der Waals surface area contributed by atoms with E-state index in [-0.39, 0.29) is 11.3 Å². The molecule has 0 fully saturated rings. The van der Waals surface area contributed by atoms with Gasteiger partial charge in [-0.1, -0.05) is 20.8 Å². The van der Waals surface area contributed by atoms with Crippen LogP contribution in [-0.2, 0) is 6.54 Å². The Labute approximate surface area is 120 Å². The number of amides is 1. The van der Waals surface area contributed by atoms with Gasteiger partial charge in [0.25, 0.3) is 5.91 Å². The van der Waals surface area contributed by atoms with Gasteiger partial charge in [0.05, 0.1) is 17.3 Å². The molecule has 5 nitrogen and oxygen atoms in total. The predicted molar refractivity (Wildman–Crippen MR) is 69.3 cm³/mol. The number of nitrogens with zero attached hydrogens (tertiary/aromatic N) is 3. The number of aromatic nitrogens is 2. The largest absolute Gasteiger partial charge is 0.408 e. The zero-order valence-electron chi connectivity index (χ0n) is 12.2. The van der Waals surface area contributed by atoms with Crippen molar-refractivity contribution in [1.82, 2.24) is 15.1 Å². The summed E-state index contributed by atoms with van der Waals surface area (Å²) < 4.78 is 37.6. The fourth-order valence-corrected chi connectivity index (χ4v) is 1.66. The topological polar surface area (TPSA) is 70.7 Å². The van der Waals surface area contributed by atoms with Gasteiger partial charge >= 0.3 is 6.18 Å². The van der Waals surface area contributed by atoms with Crippen molar-refractivity contribution in [3.05, 3.63) is 17.5 Å². The molecule has 0 aliphatic rings. The lowest BCUT2D eigenvalue weighted by Crippen LogP contribution is -2.42. The van der Waals surface area contributed by atoms with E-state index in [1.54, 1.807) is 20.8 Å². The SMILES string of the molecule is Cc1nn(CC(F)(F)F)cc1C(=O)NC(C#N)C(C)(C)C. The van der Waals surface area contributed by atoms with E-state index in [9.17, 15) is 18.0 Å². The number of hydrogen-bond acceptors (Lipinski definition) is 3. The second-order valence-electron chi connectivity index (χ2n) is 5.84. The minimum absolute atomic E-state index is 0.0312. The van der Waals surface area contributed by atoms with Crippen LogP contribution in [0.5, 0.6) is 0 Å². The first kappa shape index (κ1) is 17.0. The van der Waals surface area contributed by atoms with E-state index in [2.05, 4.69) is 10.4 Å². The molecule has 0 radical (unpaired) electrons. The van der Waals surface area contributed by atoms with Gasteiger partial charge in [-0.3, -0.25) is 9.48 Å². The number of nitriles is 1. The molecule has 1 rings (SSSR count). The van der Waals surface area contributed by atoms with Crippen molar-refractivity contribution in [2.24, 2.45) is 5.41 Å². The van der Waals surface area contributed by atoms with Gasteiger partial charge in [0, 0.05) is 6.20 Å². The summed E-state index contributed by atoms with van der Waals surface area (Å²) in [6.45, 7) is 5.52. The molecular weight excluding hydrogens is 285 g/mol. The van der Waals surface area contributed by atoms with Crippen LogP contribution in [0.2, 0.25) is 0 Å². The van der Waals surface area contributed by atoms with Gasteiger partial charge in [-0.2, -0.15) is 23.5 Å². The highest BCUT2D eigenvalue weighted by Crippen LogP contribution is 2.20. The summed E-state index contributed by atoms with van der Waals surface area (Å²) in [4.78, 5) is 12.1. The molecule has 0 saturated heterocycles. The van der Waals surface area contributed by atoms with Crippen LogP contribution in [0.15, 0.2) is 6.20 Å². The Morgan fingerprint density at radius 1 is 1.48 bits per heavy atom. The van der Waals surface area contributed by atoms with Crippen molar-refractivity contribution in [2.45, 2.75) is 46.5 Å². The quantitative estimate of drug-likeness (QED) is 0.932. The molecule has 1 aromatic heterocycles. The molecule has 0 aliphatic carbocycles. The lowest BCUT2D eigenvalue weighted by Gasteiger charge is -2.25. The van der Waals surface area contributed by atoms with Crippen LogP contribution in [0.3, 0.4) is 0 Å². The Bertz CT molecular complexity index is 563. The summed E-state index contributed by atoms with van der Waals surface area (Å²) in [5.41, 5.74) is -0.272. The van der Waals surface area contributed by atoms with E-state index in [0.717, 1.165) is 6.20 Å². The van der Waals surface area contributed by atoms with Crippen LogP contribution in [0.1, 0.15) is 36.8 Å². The maximum Gasteiger partial charge on any atom is 0.408 e. The maximum absolute atomic E-state index is 12.3. The lowest BCUT2D eigenvalue weighted by molar-refractivity contribution is -0.142. The number of carbonyl (C=O) groups excluding carboxylic acids is 1. The van der Waals surface area contributed by atoms with Crippen molar-refractivity contribution in [1.29, 1.82) is 5.26 Å². The smallest absolute Gasteiger partial charge is 0.336 e. The Morgan fingerprint density at radius 3 is 2.48 bits per heavy atom. The fraction of sp³-hybridized carbons (Fsp3) is 0.615. The van der Waals surface area contributed by atoms with Crippen LogP contribution >= 0.6 is 0 Å². The molecule has 1 N–H and O–H groups in total. The standard InChI is InChI=1S/C13H17F3N4O/c1-8-9(6-20(19-8)7-13(14,15)16)11(21)18-10(5-17)12(2,3)4/h6,10H,7H2,1-4H3,(H,18,21). The zero-order valence-corrected chi connectivity index (χ0v) is 12.2. The van der Waals surface area contributed by atoms with Crippen LogP contribution < -0.4 is 5.32 Å². The molecule has 0 saturated carbocycles. The second kappa shape index (κ2) is 5.76. The third kappa shape index (κ3) is 4.77. The van der Waals surface area contributed by atoms with Crippen molar-refractivity contribution in [3.63, 3.8) is 0 Å². The van der Waals surface area contributed by atoms with E-state index in [0.29, 0.717) is 4.68 Å². The van der Waals surface area contributed by atoms with Gasteiger partial charge < -0.3 is 5.32 Å². The molecule has 1 aromatic rings. The highest BCUT2D eigenvalue weighted by Gasteiger charge is 2.30. The molecule has 1 atom stereocenters. The van der Waals surface area contributed by atoms with Crippen LogP contribution in [-0.4, -0.2) is 27.9 Å². The second-order valence-corrected chi connectivity index (χ2v) is 5.84. The van der Waals surface area contributed by atoms with Crippen LogP contribution in [0.4, 0.5) is 13.2 Å². The van der Waals surface area contributed by atoms with Crippen molar-refractivity contribution < 1.29 is 18.0 Å². The van der Waals surface area contributed by atoms with Crippen LogP contribution in [0.25, 0.3) is 0 Å². The minimum Gasteiger partial charge on any atom is -0.336 e. The molecular formula is C13H17F3N4O. The Balaban J connectivity index is 2.92. The van der Waals surface area contributed by atoms with E-state index < -0.39 is 30.1 Å². The number of alkyl halides is 3. The molecule has 0 aliphatic heterocycles. The van der Waals surface area contributed by atoms with Crippen molar-refractivity contribution in [2.75, 3.05) is 0 Å².